The first-order valence-electron chi connectivity index (χ1n) is 9.98. The second-order valence-electron chi connectivity index (χ2n) is 8.45. The number of H-pyrrole nitrogens is 1. The molecule has 2 saturated heterocycles. The molecule has 148 valence electrons. The van der Waals surface area contributed by atoms with Gasteiger partial charge in [0.05, 0.1) is 0 Å². The summed E-state index contributed by atoms with van der Waals surface area (Å²) in [5, 5.41) is 6.15. The lowest BCUT2D eigenvalue weighted by Crippen LogP contribution is -2.66. The van der Waals surface area contributed by atoms with Crippen LogP contribution >= 0.6 is 0 Å². The first-order valence-corrected chi connectivity index (χ1v) is 9.98. The van der Waals surface area contributed by atoms with Gasteiger partial charge in [-0.3, -0.25) is 14.4 Å². The van der Waals surface area contributed by atoms with E-state index in [1.165, 1.54) is 12.1 Å². The molecule has 2 aliphatic heterocycles. The fraction of sp³-hybridized carbons (Fsp3) is 0.700. The molecule has 0 bridgehead atoms. The van der Waals surface area contributed by atoms with Gasteiger partial charge < -0.3 is 9.80 Å². The number of hydrogen-bond donors (Lipinski definition) is 1. The summed E-state index contributed by atoms with van der Waals surface area (Å²) in [7, 11) is 0. The summed E-state index contributed by atoms with van der Waals surface area (Å²) < 4.78 is 0. The molecule has 0 aromatic carbocycles. The predicted octanol–water partition coefficient (Wildman–Crippen LogP) is 1.90. The highest BCUT2D eigenvalue weighted by Crippen LogP contribution is 2.37. The van der Waals surface area contributed by atoms with Crippen LogP contribution in [0.15, 0.2) is 16.9 Å². The van der Waals surface area contributed by atoms with Gasteiger partial charge in [-0.15, -0.1) is 0 Å². The summed E-state index contributed by atoms with van der Waals surface area (Å²) in [6.07, 6.45) is 2.50. The normalized spacial score (nSPS) is 25.6. The van der Waals surface area contributed by atoms with Crippen molar-refractivity contribution in [2.24, 2.45) is 17.8 Å². The van der Waals surface area contributed by atoms with E-state index >= 15 is 0 Å². The number of carbonyl (C=O) groups is 2. The molecule has 0 spiro atoms. The standard InChI is InChI=1S/C20H30N4O3/c1-12(2)14-11-24(18(14)13(3)4)20(27)16-7-5-6-10-23(16)19(26)15-8-9-17(25)22-21-15/h8-9,12-14,16,18H,5-7,10-11H2,1-4H3,(H,22,25). The van der Waals surface area contributed by atoms with Crippen LogP contribution in [0.4, 0.5) is 0 Å². The maximum absolute atomic E-state index is 13.3. The lowest BCUT2D eigenvalue weighted by Gasteiger charge is -2.54. The second-order valence-corrected chi connectivity index (χ2v) is 8.45. The first kappa shape index (κ1) is 19.6. The highest BCUT2D eigenvalue weighted by Gasteiger charge is 2.48. The van der Waals surface area contributed by atoms with Crippen LogP contribution < -0.4 is 5.56 Å². The van der Waals surface area contributed by atoms with Crippen LogP contribution in [0.3, 0.4) is 0 Å². The molecule has 2 fully saturated rings. The number of piperidine rings is 1. The monoisotopic (exact) mass is 374 g/mol. The van der Waals surface area contributed by atoms with E-state index in [0.717, 1.165) is 19.4 Å². The number of nitrogens with one attached hydrogen (secondary N) is 1. The summed E-state index contributed by atoms with van der Waals surface area (Å²) in [6.45, 7) is 10.1. The van der Waals surface area contributed by atoms with Crippen molar-refractivity contribution >= 4 is 11.8 Å². The quantitative estimate of drug-likeness (QED) is 0.872. The minimum atomic E-state index is -0.436. The molecule has 3 heterocycles. The number of rotatable bonds is 4. The van der Waals surface area contributed by atoms with Gasteiger partial charge in [-0.2, -0.15) is 5.10 Å². The molecule has 1 aromatic heterocycles. The lowest BCUT2D eigenvalue weighted by molar-refractivity contribution is -0.155. The van der Waals surface area contributed by atoms with E-state index < -0.39 is 6.04 Å². The maximum atomic E-state index is 13.3. The Morgan fingerprint density at radius 2 is 1.85 bits per heavy atom. The van der Waals surface area contributed by atoms with Gasteiger partial charge in [0.2, 0.25) is 5.91 Å². The minimum absolute atomic E-state index is 0.0584. The zero-order valence-corrected chi connectivity index (χ0v) is 16.6. The molecule has 3 atom stereocenters. The van der Waals surface area contributed by atoms with E-state index in [9.17, 15) is 14.4 Å². The molecule has 27 heavy (non-hydrogen) atoms. The molecule has 0 aliphatic carbocycles. The molecule has 7 heteroatoms. The maximum Gasteiger partial charge on any atom is 0.274 e. The molecule has 1 N–H and O–H groups in total. The van der Waals surface area contributed by atoms with Gasteiger partial charge in [-0.1, -0.05) is 27.7 Å². The molecule has 3 rings (SSSR count). The molecule has 2 amide bonds. The number of amides is 2. The third-order valence-corrected chi connectivity index (χ3v) is 5.98. The Morgan fingerprint density at radius 1 is 1.11 bits per heavy atom. The van der Waals surface area contributed by atoms with Gasteiger partial charge in [-0.05, 0) is 43.1 Å². The SMILES string of the molecule is CC(C)C1CN(C(=O)C2CCCCN2C(=O)c2ccc(=O)[nH]n2)C1C(C)C. The Labute approximate surface area is 160 Å². The van der Waals surface area contributed by atoms with Gasteiger partial charge in [-0.25, -0.2) is 5.10 Å². The zero-order valence-electron chi connectivity index (χ0n) is 16.6. The molecule has 2 aliphatic rings. The Bertz CT molecular complexity index is 737. The largest absolute Gasteiger partial charge is 0.337 e. The third kappa shape index (κ3) is 3.77. The first-order chi connectivity index (χ1) is 12.8. The van der Waals surface area contributed by atoms with Gasteiger partial charge in [0.15, 0.2) is 0 Å². The molecule has 7 nitrogen and oxygen atoms in total. The van der Waals surface area contributed by atoms with Crippen LogP contribution in [0.2, 0.25) is 0 Å². The molecule has 1 aromatic rings. The van der Waals surface area contributed by atoms with E-state index in [1.54, 1.807) is 4.90 Å². The summed E-state index contributed by atoms with van der Waals surface area (Å²) in [5.41, 5.74) is -0.170. The van der Waals surface area contributed by atoms with E-state index in [4.69, 9.17) is 0 Å². The van der Waals surface area contributed by atoms with Crippen molar-refractivity contribution in [1.29, 1.82) is 0 Å². The van der Waals surface area contributed by atoms with E-state index in [-0.39, 0.29) is 29.1 Å². The summed E-state index contributed by atoms with van der Waals surface area (Å²) >= 11 is 0. The van der Waals surface area contributed by atoms with Gasteiger partial charge in [0, 0.05) is 25.2 Å². The Morgan fingerprint density at radius 3 is 2.44 bits per heavy atom. The predicted molar refractivity (Wildman–Crippen MR) is 102 cm³/mol. The topological polar surface area (TPSA) is 86.4 Å². The highest BCUT2D eigenvalue weighted by atomic mass is 16.2. The van der Waals surface area contributed by atoms with E-state index in [1.807, 2.05) is 4.90 Å². The van der Waals surface area contributed by atoms with Crippen molar-refractivity contribution in [2.75, 3.05) is 13.1 Å². The summed E-state index contributed by atoms with van der Waals surface area (Å²) in [4.78, 5) is 41.1. The van der Waals surface area contributed by atoms with Crippen molar-refractivity contribution < 1.29 is 9.59 Å². The molecule has 0 saturated carbocycles. The Balaban J connectivity index is 1.79. The molecular weight excluding hydrogens is 344 g/mol. The van der Waals surface area contributed by atoms with Crippen LogP contribution in [-0.2, 0) is 4.79 Å². The average Bonchev–Trinajstić information content (AvgIpc) is 2.60. The number of aromatic nitrogens is 2. The fourth-order valence-corrected chi connectivity index (χ4v) is 4.48. The van der Waals surface area contributed by atoms with Crippen LogP contribution in [-0.4, -0.2) is 57.0 Å². The molecule has 0 radical (unpaired) electrons. The second kappa shape index (κ2) is 7.82. The van der Waals surface area contributed by atoms with Gasteiger partial charge in [0.1, 0.15) is 11.7 Å². The van der Waals surface area contributed by atoms with Crippen LogP contribution in [0.1, 0.15) is 57.4 Å². The fourth-order valence-electron chi connectivity index (χ4n) is 4.48. The summed E-state index contributed by atoms with van der Waals surface area (Å²) in [5.74, 6) is 1.22. The Kier molecular flexibility index (Phi) is 5.67. The average molecular weight is 374 g/mol. The van der Waals surface area contributed by atoms with Crippen LogP contribution in [0.25, 0.3) is 0 Å². The smallest absolute Gasteiger partial charge is 0.274 e. The third-order valence-electron chi connectivity index (χ3n) is 5.98. The van der Waals surface area contributed by atoms with E-state index in [0.29, 0.717) is 30.7 Å². The molecular formula is C20H30N4O3. The molecule has 3 unspecified atom stereocenters. The number of nitrogens with zero attached hydrogens (tertiary/aromatic N) is 3. The minimum Gasteiger partial charge on any atom is -0.337 e. The van der Waals surface area contributed by atoms with Gasteiger partial charge >= 0.3 is 0 Å². The van der Waals surface area contributed by atoms with E-state index in [2.05, 4.69) is 37.9 Å². The number of likely N-dealkylation sites (tertiary alicyclic amines) is 2. The van der Waals surface area contributed by atoms with Crippen molar-refractivity contribution in [1.82, 2.24) is 20.0 Å². The van der Waals surface area contributed by atoms with Crippen LogP contribution in [0, 0.1) is 17.8 Å². The summed E-state index contributed by atoms with van der Waals surface area (Å²) in [6, 6.07) is 2.52. The number of aromatic amines is 1. The van der Waals surface area contributed by atoms with Crippen LogP contribution in [0.5, 0.6) is 0 Å². The zero-order chi connectivity index (χ0) is 19.7. The van der Waals surface area contributed by atoms with Crippen molar-refractivity contribution in [2.45, 2.75) is 59.0 Å². The number of carbonyl (C=O) groups excluding carboxylic acids is 2. The lowest BCUT2D eigenvalue weighted by atomic mass is 9.74. The van der Waals surface area contributed by atoms with Crippen molar-refractivity contribution in [3.05, 3.63) is 28.2 Å². The highest BCUT2D eigenvalue weighted by molar-refractivity contribution is 5.96. The number of hydrogen-bond acceptors (Lipinski definition) is 4. The van der Waals surface area contributed by atoms with Crippen molar-refractivity contribution in [3.8, 4) is 0 Å². The van der Waals surface area contributed by atoms with Gasteiger partial charge in [0.25, 0.3) is 11.5 Å². The Hall–Kier alpha value is -2.18. The van der Waals surface area contributed by atoms with Crippen molar-refractivity contribution in [3.63, 3.8) is 0 Å².